The Labute approximate surface area is 146 Å². The summed E-state index contributed by atoms with van der Waals surface area (Å²) in [4.78, 5) is 0. The Morgan fingerprint density at radius 3 is 1.21 bits per heavy atom. The number of benzene rings is 2. The maximum atomic E-state index is 5.78. The van der Waals surface area contributed by atoms with Crippen molar-refractivity contribution in [3.63, 3.8) is 0 Å². The topological polar surface area (TPSA) is 18.5 Å². The van der Waals surface area contributed by atoms with Crippen molar-refractivity contribution in [1.82, 2.24) is 0 Å². The highest BCUT2D eigenvalue weighted by molar-refractivity contribution is 5.36. The molecule has 2 nitrogen and oxygen atoms in total. The van der Waals surface area contributed by atoms with Crippen molar-refractivity contribution in [2.45, 2.75) is 54.8 Å². The van der Waals surface area contributed by atoms with Gasteiger partial charge in [0.05, 0.1) is 26.4 Å². The predicted molar refractivity (Wildman–Crippen MR) is 101 cm³/mol. The van der Waals surface area contributed by atoms with Gasteiger partial charge in [-0.3, -0.25) is 0 Å². The molecule has 0 aliphatic carbocycles. The second-order valence-corrected chi connectivity index (χ2v) is 6.83. The van der Waals surface area contributed by atoms with Crippen LogP contribution < -0.4 is 0 Å². The van der Waals surface area contributed by atoms with Crippen LogP contribution >= 0.6 is 0 Å². The summed E-state index contributed by atoms with van der Waals surface area (Å²) in [5.74, 6) is 0. The minimum atomic E-state index is 0.621. The van der Waals surface area contributed by atoms with Crippen LogP contribution in [0, 0.1) is 41.5 Å². The van der Waals surface area contributed by atoms with Gasteiger partial charge in [-0.15, -0.1) is 0 Å². The Hall–Kier alpha value is -1.64. The minimum absolute atomic E-state index is 0.621. The SMILES string of the molecule is Cc1cc(C)c(COCCOCc2cc(C)c(C)cc2C)cc1C. The van der Waals surface area contributed by atoms with Crippen molar-refractivity contribution >= 4 is 0 Å². The van der Waals surface area contributed by atoms with Crippen LogP contribution in [-0.4, -0.2) is 13.2 Å². The molecule has 0 bridgehead atoms. The fraction of sp³-hybridized carbons (Fsp3) is 0.455. The second-order valence-electron chi connectivity index (χ2n) is 6.83. The maximum Gasteiger partial charge on any atom is 0.0720 e. The third kappa shape index (κ3) is 4.93. The zero-order valence-corrected chi connectivity index (χ0v) is 16.0. The number of aryl methyl sites for hydroxylation is 6. The number of ether oxygens (including phenoxy) is 2. The van der Waals surface area contributed by atoms with Crippen molar-refractivity contribution in [2.24, 2.45) is 0 Å². The maximum absolute atomic E-state index is 5.78. The molecule has 24 heavy (non-hydrogen) atoms. The molecule has 0 amide bonds. The lowest BCUT2D eigenvalue weighted by atomic mass is 10.0. The highest BCUT2D eigenvalue weighted by Crippen LogP contribution is 2.17. The number of hydrogen-bond donors (Lipinski definition) is 0. The first kappa shape index (κ1) is 18.7. The van der Waals surface area contributed by atoms with Crippen LogP contribution in [0.1, 0.15) is 44.5 Å². The van der Waals surface area contributed by atoms with Gasteiger partial charge in [0, 0.05) is 0 Å². The molecule has 0 atom stereocenters. The van der Waals surface area contributed by atoms with Gasteiger partial charge in [-0.1, -0.05) is 24.3 Å². The molecule has 0 aliphatic rings. The van der Waals surface area contributed by atoms with E-state index in [-0.39, 0.29) is 0 Å². The van der Waals surface area contributed by atoms with E-state index < -0.39 is 0 Å². The lowest BCUT2D eigenvalue weighted by Crippen LogP contribution is -2.06. The zero-order valence-electron chi connectivity index (χ0n) is 16.0. The van der Waals surface area contributed by atoms with E-state index in [1.54, 1.807) is 0 Å². The third-order valence-corrected chi connectivity index (χ3v) is 4.79. The molecule has 0 aromatic heterocycles. The Kier molecular flexibility index (Phi) is 6.59. The first-order valence-corrected chi connectivity index (χ1v) is 8.67. The molecule has 0 aliphatic heterocycles. The standard InChI is InChI=1S/C22H30O2/c1-15-9-19(5)21(11-17(15)3)13-23-7-8-24-14-22-12-18(4)16(2)10-20(22)6/h9-12H,7-8,13-14H2,1-6H3. The highest BCUT2D eigenvalue weighted by Gasteiger charge is 2.04. The molecule has 0 N–H and O–H groups in total. The lowest BCUT2D eigenvalue weighted by Gasteiger charge is -2.12. The summed E-state index contributed by atoms with van der Waals surface area (Å²) in [6, 6.07) is 8.91. The van der Waals surface area contributed by atoms with E-state index in [4.69, 9.17) is 9.47 Å². The Morgan fingerprint density at radius 1 is 0.500 bits per heavy atom. The van der Waals surface area contributed by atoms with Gasteiger partial charge in [-0.25, -0.2) is 0 Å². The van der Waals surface area contributed by atoms with Crippen molar-refractivity contribution in [1.29, 1.82) is 0 Å². The normalized spacial score (nSPS) is 11.1. The molecular weight excluding hydrogens is 296 g/mol. The van der Waals surface area contributed by atoms with Gasteiger partial charge in [0.1, 0.15) is 0 Å². The number of rotatable bonds is 7. The third-order valence-electron chi connectivity index (χ3n) is 4.79. The van der Waals surface area contributed by atoms with E-state index in [0.717, 1.165) is 0 Å². The van der Waals surface area contributed by atoms with Crippen molar-refractivity contribution in [2.75, 3.05) is 13.2 Å². The molecule has 0 saturated carbocycles. The van der Waals surface area contributed by atoms with Crippen LogP contribution in [-0.2, 0) is 22.7 Å². The molecule has 0 fully saturated rings. The zero-order chi connectivity index (χ0) is 17.7. The molecule has 130 valence electrons. The average molecular weight is 326 g/mol. The summed E-state index contributed by atoms with van der Waals surface area (Å²) in [7, 11) is 0. The fourth-order valence-electron chi connectivity index (χ4n) is 2.83. The molecule has 2 aromatic carbocycles. The first-order valence-electron chi connectivity index (χ1n) is 8.67. The largest absolute Gasteiger partial charge is 0.374 e. The summed E-state index contributed by atoms with van der Waals surface area (Å²) in [5, 5.41) is 0. The molecule has 0 heterocycles. The Morgan fingerprint density at radius 2 is 0.833 bits per heavy atom. The van der Waals surface area contributed by atoms with Gasteiger partial charge >= 0.3 is 0 Å². The summed E-state index contributed by atoms with van der Waals surface area (Å²) in [6.07, 6.45) is 0. The van der Waals surface area contributed by atoms with Gasteiger partial charge in [0.15, 0.2) is 0 Å². The lowest BCUT2D eigenvalue weighted by molar-refractivity contribution is 0.0335. The van der Waals surface area contributed by atoms with Crippen LogP contribution in [0.15, 0.2) is 24.3 Å². The summed E-state index contributed by atoms with van der Waals surface area (Å²) >= 11 is 0. The van der Waals surface area contributed by atoms with Crippen LogP contribution in [0.2, 0.25) is 0 Å². The van der Waals surface area contributed by atoms with E-state index >= 15 is 0 Å². The molecule has 0 radical (unpaired) electrons. The highest BCUT2D eigenvalue weighted by atomic mass is 16.5. The van der Waals surface area contributed by atoms with Crippen molar-refractivity contribution in [3.8, 4) is 0 Å². The smallest absolute Gasteiger partial charge is 0.0720 e. The van der Waals surface area contributed by atoms with Crippen LogP contribution in [0.25, 0.3) is 0 Å². The predicted octanol–water partition coefficient (Wildman–Crippen LogP) is 5.27. The molecule has 0 spiro atoms. The Bertz CT molecular complexity index is 640. The van der Waals surface area contributed by atoms with Crippen LogP contribution in [0.3, 0.4) is 0 Å². The summed E-state index contributed by atoms with van der Waals surface area (Å²) < 4.78 is 11.6. The minimum Gasteiger partial charge on any atom is -0.374 e. The van der Waals surface area contributed by atoms with Gasteiger partial charge in [0.25, 0.3) is 0 Å². The van der Waals surface area contributed by atoms with Crippen LogP contribution in [0.5, 0.6) is 0 Å². The van der Waals surface area contributed by atoms with E-state index in [2.05, 4.69) is 65.8 Å². The van der Waals surface area contributed by atoms with E-state index in [0.29, 0.717) is 26.4 Å². The van der Waals surface area contributed by atoms with Gasteiger partial charge < -0.3 is 9.47 Å². The number of hydrogen-bond acceptors (Lipinski definition) is 2. The summed E-state index contributed by atoms with van der Waals surface area (Å²) in [5.41, 5.74) is 10.4. The van der Waals surface area contributed by atoms with Gasteiger partial charge in [0.2, 0.25) is 0 Å². The second kappa shape index (κ2) is 8.46. The monoisotopic (exact) mass is 326 g/mol. The Balaban J connectivity index is 1.74. The van der Waals surface area contributed by atoms with Crippen LogP contribution in [0.4, 0.5) is 0 Å². The van der Waals surface area contributed by atoms with E-state index in [1.807, 2.05) is 0 Å². The first-order chi connectivity index (χ1) is 11.4. The average Bonchev–Trinajstić information content (AvgIpc) is 2.52. The molecule has 0 saturated heterocycles. The molecule has 0 unspecified atom stereocenters. The molecule has 2 heteroatoms. The molecular formula is C22H30O2. The van der Waals surface area contributed by atoms with Crippen molar-refractivity contribution < 1.29 is 9.47 Å². The molecule has 2 rings (SSSR count). The van der Waals surface area contributed by atoms with Gasteiger partial charge in [-0.2, -0.15) is 0 Å². The van der Waals surface area contributed by atoms with E-state index in [9.17, 15) is 0 Å². The fourth-order valence-corrected chi connectivity index (χ4v) is 2.83. The molecule has 2 aromatic rings. The van der Waals surface area contributed by atoms with Crippen molar-refractivity contribution in [3.05, 3.63) is 68.8 Å². The quantitative estimate of drug-likeness (QED) is 0.645. The van der Waals surface area contributed by atoms with Gasteiger partial charge in [-0.05, 0) is 86.1 Å². The summed E-state index contributed by atoms with van der Waals surface area (Å²) in [6.45, 7) is 15.4. The van der Waals surface area contributed by atoms with E-state index in [1.165, 1.54) is 44.5 Å².